The monoisotopic (exact) mass is 670 g/mol. The number of hydrazone groups is 1. The molecular weight excluding hydrogens is 640 g/mol. The zero-order valence-electron chi connectivity index (χ0n) is 25.6. The van der Waals surface area contributed by atoms with Crippen LogP contribution in [0.2, 0.25) is 0 Å². The number of hydrogen-bond donors (Lipinski definition) is 1. The Morgan fingerprint density at radius 3 is 2.47 bits per heavy atom. The number of thiophene rings is 1. The summed E-state index contributed by atoms with van der Waals surface area (Å²) in [5.41, 5.74) is 2.44. The highest BCUT2D eigenvalue weighted by Crippen LogP contribution is 2.35. The van der Waals surface area contributed by atoms with Gasteiger partial charge in [0.25, 0.3) is 11.8 Å². The summed E-state index contributed by atoms with van der Waals surface area (Å²) in [6.45, 7) is 2.40. The van der Waals surface area contributed by atoms with Crippen LogP contribution in [0.5, 0.6) is 11.5 Å². The molecule has 2 aromatic heterocycles. The summed E-state index contributed by atoms with van der Waals surface area (Å²) in [4.78, 5) is 27.6. The first-order valence-corrected chi connectivity index (χ1v) is 16.7. The zero-order valence-corrected chi connectivity index (χ0v) is 27.3. The van der Waals surface area contributed by atoms with Crippen molar-refractivity contribution in [1.82, 2.24) is 25.1 Å². The molecule has 5 aromatic rings. The summed E-state index contributed by atoms with van der Waals surface area (Å²) in [6.07, 6.45) is 0.581. The van der Waals surface area contributed by atoms with Gasteiger partial charge in [-0.3, -0.25) is 14.2 Å². The van der Waals surface area contributed by atoms with E-state index in [1.165, 1.54) is 30.0 Å². The lowest BCUT2D eigenvalue weighted by atomic mass is 10.0. The van der Waals surface area contributed by atoms with Gasteiger partial charge in [0.1, 0.15) is 17.3 Å². The van der Waals surface area contributed by atoms with Gasteiger partial charge in [-0.25, -0.2) is 9.40 Å². The van der Waals surface area contributed by atoms with Crippen molar-refractivity contribution < 1.29 is 23.5 Å². The molecule has 3 heterocycles. The molecule has 1 N–H and O–H groups in total. The average molecular weight is 671 g/mol. The van der Waals surface area contributed by atoms with E-state index in [0.717, 1.165) is 21.9 Å². The lowest BCUT2D eigenvalue weighted by Crippen LogP contribution is -2.28. The van der Waals surface area contributed by atoms with Gasteiger partial charge in [-0.15, -0.1) is 21.5 Å². The average Bonchev–Trinajstić information content (AvgIpc) is 3.87. The first-order valence-electron chi connectivity index (χ1n) is 14.9. The highest BCUT2D eigenvalue weighted by molar-refractivity contribution is 7.99. The highest BCUT2D eigenvalue weighted by Gasteiger charge is 2.34. The van der Waals surface area contributed by atoms with E-state index in [9.17, 15) is 14.0 Å². The summed E-state index contributed by atoms with van der Waals surface area (Å²) in [5.74, 6) is 0.474. The molecule has 0 aliphatic carbocycles. The standard InChI is InChI=1S/C34H31FN6O4S2/c1-3-45-25-16-12-23(13-17-25)40-31(20-36-33(43)26-7-4-5-8-27(26)35)37-38-34(40)47-21-32(42)41-29(22-10-14-24(44-2)15-11-22)19-28(39-41)30-9-6-18-46-30/h4-18,29H,3,19-21H2,1-2H3,(H,36,43)/t29-/m1/s1. The third-order valence-electron chi connectivity index (χ3n) is 7.43. The molecule has 10 nitrogen and oxygen atoms in total. The minimum absolute atomic E-state index is 0.0258. The van der Waals surface area contributed by atoms with Crippen LogP contribution in [0.3, 0.4) is 0 Å². The van der Waals surface area contributed by atoms with Gasteiger partial charge in [0, 0.05) is 12.1 Å². The molecule has 0 saturated carbocycles. The maximum Gasteiger partial charge on any atom is 0.254 e. The number of ether oxygens (including phenoxy) is 2. The molecule has 3 aromatic carbocycles. The number of methoxy groups -OCH3 is 1. The van der Waals surface area contributed by atoms with Crippen LogP contribution in [0.1, 0.15) is 46.0 Å². The molecule has 240 valence electrons. The smallest absolute Gasteiger partial charge is 0.254 e. The van der Waals surface area contributed by atoms with Crippen LogP contribution in [0.25, 0.3) is 5.69 Å². The van der Waals surface area contributed by atoms with Crippen molar-refractivity contribution in [2.45, 2.75) is 31.1 Å². The van der Waals surface area contributed by atoms with Crippen molar-refractivity contribution in [3.05, 3.63) is 118 Å². The Morgan fingerprint density at radius 2 is 1.77 bits per heavy atom. The zero-order chi connectivity index (χ0) is 32.8. The molecule has 0 saturated heterocycles. The molecular formula is C34H31FN6O4S2. The van der Waals surface area contributed by atoms with Crippen LogP contribution >= 0.6 is 23.1 Å². The SMILES string of the molecule is CCOc1ccc(-n2c(CNC(=O)c3ccccc3F)nnc2SCC(=O)N2N=C(c3cccs3)C[C@@H]2c2ccc(OC)cc2)cc1. The Bertz CT molecular complexity index is 1880. The quantitative estimate of drug-likeness (QED) is 0.156. The summed E-state index contributed by atoms with van der Waals surface area (Å²) < 4.78 is 26.9. The van der Waals surface area contributed by atoms with Gasteiger partial charge >= 0.3 is 0 Å². The van der Waals surface area contributed by atoms with Crippen LogP contribution in [-0.4, -0.2) is 56.8 Å². The summed E-state index contributed by atoms with van der Waals surface area (Å²) in [6, 6.07) is 24.5. The van der Waals surface area contributed by atoms with Crippen molar-refractivity contribution in [2.24, 2.45) is 5.10 Å². The second kappa shape index (κ2) is 14.6. The lowest BCUT2D eigenvalue weighted by Gasteiger charge is -2.22. The first kappa shape index (κ1) is 32.0. The number of carbonyl (C=O) groups is 2. The van der Waals surface area contributed by atoms with Gasteiger partial charge in [0.15, 0.2) is 11.0 Å². The number of amides is 2. The molecule has 0 radical (unpaired) electrons. The van der Waals surface area contributed by atoms with E-state index >= 15 is 0 Å². The second-order valence-corrected chi connectivity index (χ2v) is 12.3. The van der Waals surface area contributed by atoms with Gasteiger partial charge in [0.2, 0.25) is 0 Å². The predicted octanol–water partition coefficient (Wildman–Crippen LogP) is 6.28. The van der Waals surface area contributed by atoms with Gasteiger partial charge in [-0.05, 0) is 72.5 Å². The Hall–Kier alpha value is -5.01. The summed E-state index contributed by atoms with van der Waals surface area (Å²) in [7, 11) is 1.62. The Balaban J connectivity index is 1.24. The number of nitrogens with one attached hydrogen (secondary N) is 1. The van der Waals surface area contributed by atoms with Crippen LogP contribution < -0.4 is 14.8 Å². The van der Waals surface area contributed by atoms with E-state index in [0.29, 0.717) is 35.4 Å². The van der Waals surface area contributed by atoms with Crippen molar-refractivity contribution in [3.8, 4) is 17.2 Å². The first-order chi connectivity index (χ1) is 22.9. The minimum atomic E-state index is -0.618. The van der Waals surface area contributed by atoms with E-state index in [1.54, 1.807) is 34.1 Å². The fourth-order valence-corrected chi connectivity index (χ4v) is 6.68. The number of hydrogen-bond acceptors (Lipinski definition) is 9. The van der Waals surface area contributed by atoms with E-state index in [2.05, 4.69) is 15.5 Å². The topological polar surface area (TPSA) is 111 Å². The third kappa shape index (κ3) is 7.21. The van der Waals surface area contributed by atoms with Crippen molar-refractivity contribution >= 4 is 40.6 Å². The Kier molecular flexibility index (Phi) is 9.93. The lowest BCUT2D eigenvalue weighted by molar-refractivity contribution is -0.130. The van der Waals surface area contributed by atoms with Crippen molar-refractivity contribution in [3.63, 3.8) is 0 Å². The van der Waals surface area contributed by atoms with Crippen LogP contribution in [0.15, 0.2) is 101 Å². The molecule has 13 heteroatoms. The van der Waals surface area contributed by atoms with Crippen molar-refractivity contribution in [1.29, 1.82) is 0 Å². The van der Waals surface area contributed by atoms with Crippen molar-refractivity contribution in [2.75, 3.05) is 19.5 Å². The molecule has 1 atom stereocenters. The second-order valence-electron chi connectivity index (χ2n) is 10.4. The molecule has 0 unspecified atom stereocenters. The van der Waals surface area contributed by atoms with Gasteiger partial charge in [-0.2, -0.15) is 5.10 Å². The largest absolute Gasteiger partial charge is 0.497 e. The normalized spacial score (nSPS) is 14.1. The maximum atomic E-state index is 14.2. The molecule has 0 fully saturated rings. The van der Waals surface area contributed by atoms with Gasteiger partial charge in [-0.1, -0.05) is 42.1 Å². The summed E-state index contributed by atoms with van der Waals surface area (Å²) in [5, 5.41) is 20.2. The molecule has 6 rings (SSSR count). The number of carbonyl (C=O) groups excluding carboxylic acids is 2. The van der Waals surface area contributed by atoms with Crippen LogP contribution in [-0.2, 0) is 11.3 Å². The maximum absolute atomic E-state index is 14.2. The fraction of sp³-hybridized carbons (Fsp3) is 0.206. The number of rotatable bonds is 12. The molecule has 1 aliphatic heterocycles. The van der Waals surface area contributed by atoms with Gasteiger partial charge < -0.3 is 14.8 Å². The third-order valence-corrected chi connectivity index (χ3v) is 9.26. The van der Waals surface area contributed by atoms with E-state index in [-0.39, 0.29) is 29.8 Å². The molecule has 2 amide bonds. The minimum Gasteiger partial charge on any atom is -0.497 e. The number of nitrogens with zero attached hydrogens (tertiary/aromatic N) is 5. The fourth-order valence-electron chi connectivity index (χ4n) is 5.14. The highest BCUT2D eigenvalue weighted by atomic mass is 32.2. The van der Waals surface area contributed by atoms with Gasteiger partial charge in [0.05, 0.1) is 48.2 Å². The number of benzene rings is 3. The Morgan fingerprint density at radius 1 is 1.00 bits per heavy atom. The Labute approximate surface area is 279 Å². The number of aromatic nitrogens is 3. The van der Waals surface area contributed by atoms with Crippen LogP contribution in [0, 0.1) is 5.82 Å². The predicted molar refractivity (Wildman–Crippen MR) is 179 cm³/mol. The molecule has 47 heavy (non-hydrogen) atoms. The van der Waals surface area contributed by atoms with E-state index in [4.69, 9.17) is 14.6 Å². The van der Waals surface area contributed by atoms with E-state index in [1.807, 2.05) is 73.0 Å². The summed E-state index contributed by atoms with van der Waals surface area (Å²) >= 11 is 2.80. The molecule has 0 bridgehead atoms. The number of thioether (sulfide) groups is 1. The van der Waals surface area contributed by atoms with E-state index < -0.39 is 11.7 Å². The molecule has 1 aliphatic rings. The number of halogens is 1. The van der Waals surface area contributed by atoms with Crippen LogP contribution in [0.4, 0.5) is 4.39 Å². The molecule has 0 spiro atoms.